The van der Waals surface area contributed by atoms with Crippen LogP contribution < -0.4 is 17.2 Å². The first kappa shape index (κ1) is 14.6. The van der Waals surface area contributed by atoms with Gasteiger partial charge in [0.15, 0.2) is 0 Å². The van der Waals surface area contributed by atoms with Crippen LogP contribution in [0.4, 0.5) is 5.82 Å². The van der Waals surface area contributed by atoms with Crippen molar-refractivity contribution in [3.8, 4) is 0 Å². The van der Waals surface area contributed by atoms with Crippen molar-refractivity contribution in [2.75, 3.05) is 5.73 Å². The average Bonchev–Trinajstić information content (AvgIpc) is 2.70. The van der Waals surface area contributed by atoms with Crippen molar-refractivity contribution in [1.29, 1.82) is 0 Å². The number of nitrogens with two attached hydrogens (primary N) is 2. The number of amides is 1. The van der Waals surface area contributed by atoms with E-state index in [1.807, 2.05) is 44.2 Å². The summed E-state index contributed by atoms with van der Waals surface area (Å²) >= 11 is 0. The van der Waals surface area contributed by atoms with Gasteiger partial charge in [-0.25, -0.2) is 4.79 Å². The van der Waals surface area contributed by atoms with Crippen LogP contribution in [-0.2, 0) is 6.54 Å². The summed E-state index contributed by atoms with van der Waals surface area (Å²) in [4.78, 5) is 24.9. The lowest BCUT2D eigenvalue weighted by Crippen LogP contribution is -2.19. The Morgan fingerprint density at radius 2 is 1.84 bits per heavy atom. The Morgan fingerprint density at radius 3 is 2.32 bits per heavy atom. The number of aromatic nitrogens is 2. The number of nitrogens with zero attached hydrogens (tertiary/aromatic N) is 1. The second-order valence-electron chi connectivity index (χ2n) is 3.63. The van der Waals surface area contributed by atoms with E-state index < -0.39 is 11.6 Å². The van der Waals surface area contributed by atoms with E-state index in [4.69, 9.17) is 11.5 Å². The third kappa shape index (κ3) is 3.25. The second-order valence-corrected chi connectivity index (χ2v) is 3.63. The van der Waals surface area contributed by atoms with Crippen LogP contribution >= 0.6 is 0 Å². The number of imidazole rings is 1. The molecule has 102 valence electrons. The van der Waals surface area contributed by atoms with E-state index in [-0.39, 0.29) is 11.5 Å². The van der Waals surface area contributed by atoms with Crippen LogP contribution in [0.15, 0.2) is 35.1 Å². The molecule has 1 heterocycles. The maximum Gasteiger partial charge on any atom is 0.328 e. The van der Waals surface area contributed by atoms with Crippen molar-refractivity contribution >= 4 is 11.7 Å². The maximum absolute atomic E-state index is 11.6. The van der Waals surface area contributed by atoms with Gasteiger partial charge in [0.1, 0.15) is 11.5 Å². The van der Waals surface area contributed by atoms with E-state index in [0.717, 1.165) is 5.56 Å². The standard InChI is InChI=1S/C11H12N4O2.C2H6/c12-9-8(10(13)16)14-11(17)15(9)6-7-4-2-1-3-5-7;1-2/h1-5H,6,12H2,(H2,13,16)(H,14,17);1-2H3. The topological polar surface area (TPSA) is 107 Å². The number of aromatic amines is 1. The molecule has 0 unspecified atom stereocenters. The van der Waals surface area contributed by atoms with E-state index in [1.165, 1.54) is 4.57 Å². The molecule has 6 heteroatoms. The molecule has 1 aromatic heterocycles. The Labute approximate surface area is 111 Å². The van der Waals surface area contributed by atoms with Gasteiger partial charge in [-0.2, -0.15) is 0 Å². The van der Waals surface area contributed by atoms with Crippen LogP contribution in [0.5, 0.6) is 0 Å². The normalized spacial score (nSPS) is 9.58. The van der Waals surface area contributed by atoms with Crippen LogP contribution in [0.3, 0.4) is 0 Å². The Hall–Kier alpha value is -2.50. The zero-order valence-corrected chi connectivity index (χ0v) is 11.0. The largest absolute Gasteiger partial charge is 0.383 e. The predicted molar refractivity (Wildman–Crippen MR) is 74.9 cm³/mol. The highest BCUT2D eigenvalue weighted by Gasteiger charge is 2.14. The summed E-state index contributed by atoms with van der Waals surface area (Å²) in [6.45, 7) is 4.30. The lowest BCUT2D eigenvalue weighted by atomic mass is 10.2. The smallest absolute Gasteiger partial charge is 0.328 e. The van der Waals surface area contributed by atoms with Crippen molar-refractivity contribution in [2.24, 2.45) is 5.73 Å². The summed E-state index contributed by atoms with van der Waals surface area (Å²) in [7, 11) is 0. The van der Waals surface area contributed by atoms with Gasteiger partial charge in [0.2, 0.25) is 0 Å². The van der Waals surface area contributed by atoms with Gasteiger partial charge in [-0.05, 0) is 5.56 Å². The van der Waals surface area contributed by atoms with Crippen molar-refractivity contribution in [2.45, 2.75) is 20.4 Å². The van der Waals surface area contributed by atoms with Gasteiger partial charge in [-0.15, -0.1) is 0 Å². The average molecular weight is 262 g/mol. The van der Waals surface area contributed by atoms with Gasteiger partial charge in [0.05, 0.1) is 6.54 Å². The monoisotopic (exact) mass is 262 g/mol. The molecule has 1 amide bonds. The molecule has 0 radical (unpaired) electrons. The van der Waals surface area contributed by atoms with E-state index in [2.05, 4.69) is 4.98 Å². The van der Waals surface area contributed by atoms with Gasteiger partial charge in [-0.3, -0.25) is 14.3 Å². The molecule has 0 bridgehead atoms. The fraction of sp³-hybridized carbons (Fsp3) is 0.231. The molecule has 6 nitrogen and oxygen atoms in total. The first-order valence-corrected chi connectivity index (χ1v) is 6.01. The molecule has 5 N–H and O–H groups in total. The quantitative estimate of drug-likeness (QED) is 0.765. The lowest BCUT2D eigenvalue weighted by molar-refractivity contribution is 0.0997. The first-order chi connectivity index (χ1) is 9.09. The summed E-state index contributed by atoms with van der Waals surface area (Å²) in [5.41, 5.74) is 11.2. The number of hydrogen-bond acceptors (Lipinski definition) is 3. The highest BCUT2D eigenvalue weighted by Crippen LogP contribution is 2.08. The van der Waals surface area contributed by atoms with Gasteiger partial charge < -0.3 is 11.5 Å². The highest BCUT2D eigenvalue weighted by molar-refractivity contribution is 5.95. The summed E-state index contributed by atoms with van der Waals surface area (Å²) in [5.74, 6) is -0.683. The molecule has 19 heavy (non-hydrogen) atoms. The molecule has 0 fully saturated rings. The number of carbonyl (C=O) groups is 1. The molecule has 1 aromatic carbocycles. The van der Waals surface area contributed by atoms with Gasteiger partial charge in [0, 0.05) is 0 Å². The summed E-state index contributed by atoms with van der Waals surface area (Å²) < 4.78 is 1.27. The number of H-pyrrole nitrogens is 1. The Bertz CT molecular complexity index is 599. The first-order valence-electron chi connectivity index (χ1n) is 6.01. The van der Waals surface area contributed by atoms with E-state index in [9.17, 15) is 9.59 Å². The number of anilines is 1. The number of hydrogen-bond donors (Lipinski definition) is 3. The Kier molecular flexibility index (Phi) is 4.93. The summed E-state index contributed by atoms with van der Waals surface area (Å²) in [6, 6.07) is 9.32. The van der Waals surface area contributed by atoms with Gasteiger partial charge in [-0.1, -0.05) is 44.2 Å². The van der Waals surface area contributed by atoms with Crippen LogP contribution in [0.25, 0.3) is 0 Å². The minimum atomic E-state index is -0.744. The number of rotatable bonds is 3. The molecule has 0 spiro atoms. The van der Waals surface area contributed by atoms with Crippen molar-refractivity contribution in [3.63, 3.8) is 0 Å². The predicted octanol–water partition coefficient (Wildman–Crippen LogP) is 0.932. The zero-order chi connectivity index (χ0) is 14.4. The summed E-state index contributed by atoms with van der Waals surface area (Å²) in [5, 5.41) is 0. The third-order valence-electron chi connectivity index (χ3n) is 2.45. The molecular weight excluding hydrogens is 244 g/mol. The number of primary amides is 1. The Morgan fingerprint density at radius 1 is 1.26 bits per heavy atom. The molecule has 0 aliphatic heterocycles. The van der Waals surface area contributed by atoms with E-state index >= 15 is 0 Å². The van der Waals surface area contributed by atoms with Crippen LogP contribution in [0.1, 0.15) is 29.9 Å². The zero-order valence-electron chi connectivity index (χ0n) is 11.0. The number of nitrogen functional groups attached to an aromatic ring is 1. The van der Waals surface area contributed by atoms with E-state index in [1.54, 1.807) is 0 Å². The molecular formula is C13H18N4O2. The summed E-state index contributed by atoms with van der Waals surface area (Å²) in [6.07, 6.45) is 0. The van der Waals surface area contributed by atoms with Crippen LogP contribution in [0.2, 0.25) is 0 Å². The van der Waals surface area contributed by atoms with Crippen molar-refractivity contribution in [3.05, 3.63) is 52.1 Å². The lowest BCUT2D eigenvalue weighted by Gasteiger charge is -2.04. The number of nitrogens with one attached hydrogen (secondary N) is 1. The number of carbonyl (C=O) groups excluding carboxylic acids is 1. The molecule has 2 aromatic rings. The van der Waals surface area contributed by atoms with Crippen LogP contribution in [0, 0.1) is 0 Å². The molecule has 2 rings (SSSR count). The van der Waals surface area contributed by atoms with Crippen molar-refractivity contribution in [1.82, 2.24) is 9.55 Å². The minimum Gasteiger partial charge on any atom is -0.383 e. The Balaban J connectivity index is 0.000000861. The maximum atomic E-state index is 11.6. The molecule has 0 atom stereocenters. The van der Waals surface area contributed by atoms with E-state index in [0.29, 0.717) is 6.54 Å². The molecule has 0 aliphatic carbocycles. The molecule has 0 saturated heterocycles. The molecule has 0 saturated carbocycles. The number of benzene rings is 1. The SMILES string of the molecule is CC.NC(=O)c1[nH]c(=O)n(Cc2ccccc2)c1N. The van der Waals surface area contributed by atoms with Crippen LogP contribution in [-0.4, -0.2) is 15.5 Å². The minimum absolute atomic E-state index is 0.0501. The fourth-order valence-electron chi connectivity index (χ4n) is 1.59. The molecule has 0 aliphatic rings. The fourth-order valence-corrected chi connectivity index (χ4v) is 1.59. The van der Waals surface area contributed by atoms with Crippen molar-refractivity contribution < 1.29 is 4.79 Å². The second kappa shape index (κ2) is 6.44. The highest BCUT2D eigenvalue weighted by atomic mass is 16.2. The van der Waals surface area contributed by atoms with Gasteiger partial charge >= 0.3 is 5.69 Å². The third-order valence-corrected chi connectivity index (χ3v) is 2.45. The van der Waals surface area contributed by atoms with Gasteiger partial charge in [0.25, 0.3) is 5.91 Å².